The fourth-order valence-corrected chi connectivity index (χ4v) is 3.24. The number of nitrogens with two attached hydrogens (primary N) is 1. The van der Waals surface area contributed by atoms with E-state index in [2.05, 4.69) is 5.32 Å². The molecule has 7 nitrogen and oxygen atoms in total. The molecule has 2 rings (SSSR count). The van der Waals surface area contributed by atoms with Crippen LogP contribution in [0.1, 0.15) is 37.2 Å². The largest absolute Gasteiger partial charge is 0.768 e. The highest BCUT2D eigenvalue weighted by atomic mass is 32.2. The Kier molecular flexibility index (Phi) is 7.50. The molecule has 1 aliphatic carbocycles. The zero-order valence-electron chi connectivity index (χ0n) is 15.9. The number of nitrogens with one attached hydrogen (secondary N) is 1. The van der Waals surface area contributed by atoms with Gasteiger partial charge in [-0.2, -0.15) is 0 Å². The van der Waals surface area contributed by atoms with Gasteiger partial charge in [0.1, 0.15) is 12.4 Å². The molecule has 0 aliphatic heterocycles. The van der Waals surface area contributed by atoms with Crippen LogP contribution in [0.3, 0.4) is 0 Å². The van der Waals surface area contributed by atoms with E-state index in [1.165, 1.54) is 23.9 Å². The summed E-state index contributed by atoms with van der Waals surface area (Å²) in [6.45, 7) is 3.93. The number of halogens is 2. The number of carbonyl (C=O) groups excluding carboxylic acids is 1. The monoisotopic (exact) mass is 416 g/mol. The first-order chi connectivity index (χ1) is 13.1. The standard InChI is InChI=1S/C18H25F2N3O4S/c1-4-10(2)14(21)9-27-17-15(28(25)26)8-23(3)16(17)18(24)22-11-5-6-12(19)13(20)7-11/h5-6,8,10,13-14H,4,7,9,21H2,1-3H3,(H,22,24)(H,25,26)/p-1/t10-,13?,14+/m0/s1. The number of hydrogen-bond acceptors (Lipinski definition) is 5. The number of aromatic nitrogens is 1. The average Bonchev–Trinajstić information content (AvgIpc) is 2.98. The van der Waals surface area contributed by atoms with Crippen molar-refractivity contribution < 1.29 is 27.1 Å². The van der Waals surface area contributed by atoms with E-state index < -0.39 is 29.0 Å². The maximum absolute atomic E-state index is 13.5. The van der Waals surface area contributed by atoms with E-state index in [1.807, 2.05) is 13.8 Å². The van der Waals surface area contributed by atoms with E-state index in [0.717, 1.165) is 12.5 Å². The fourth-order valence-electron chi connectivity index (χ4n) is 2.68. The summed E-state index contributed by atoms with van der Waals surface area (Å²) in [6, 6.07) is -0.351. The lowest BCUT2D eigenvalue weighted by molar-refractivity contribution is 0.0949. The smallest absolute Gasteiger partial charge is 0.275 e. The second-order valence-corrected chi connectivity index (χ2v) is 7.66. The quantitative estimate of drug-likeness (QED) is 0.632. The number of aryl methyl sites for hydroxylation is 1. The maximum Gasteiger partial charge on any atom is 0.275 e. The van der Waals surface area contributed by atoms with Gasteiger partial charge in [0.25, 0.3) is 5.91 Å². The second-order valence-electron chi connectivity index (χ2n) is 6.75. The molecule has 28 heavy (non-hydrogen) atoms. The molecule has 2 unspecified atom stereocenters. The minimum absolute atomic E-state index is 0.0205. The molecule has 0 saturated heterocycles. The molecular weight excluding hydrogens is 392 g/mol. The molecule has 0 aromatic carbocycles. The third kappa shape index (κ3) is 5.06. The van der Waals surface area contributed by atoms with Crippen molar-refractivity contribution in [1.29, 1.82) is 0 Å². The molecule has 0 bridgehead atoms. The van der Waals surface area contributed by atoms with Crippen molar-refractivity contribution in [3.05, 3.63) is 35.6 Å². The van der Waals surface area contributed by atoms with E-state index in [-0.39, 0.29) is 47.0 Å². The van der Waals surface area contributed by atoms with Crippen molar-refractivity contribution in [3.63, 3.8) is 0 Å². The highest BCUT2D eigenvalue weighted by Gasteiger charge is 2.26. The number of rotatable bonds is 8. The maximum atomic E-state index is 13.5. The molecule has 10 heteroatoms. The van der Waals surface area contributed by atoms with Gasteiger partial charge in [0.2, 0.25) is 0 Å². The number of carbonyl (C=O) groups is 1. The lowest BCUT2D eigenvalue weighted by Crippen LogP contribution is -2.35. The lowest BCUT2D eigenvalue weighted by atomic mass is 10.0. The molecule has 1 amide bonds. The van der Waals surface area contributed by atoms with Gasteiger partial charge in [0.15, 0.2) is 17.6 Å². The summed E-state index contributed by atoms with van der Waals surface area (Å²) in [4.78, 5) is 12.5. The topological polar surface area (TPSA) is 109 Å². The Bertz CT molecular complexity index is 822. The van der Waals surface area contributed by atoms with Gasteiger partial charge in [-0.3, -0.25) is 9.00 Å². The first-order valence-corrected chi connectivity index (χ1v) is 9.91. The molecule has 156 valence electrons. The van der Waals surface area contributed by atoms with Crippen LogP contribution in [0.2, 0.25) is 0 Å². The summed E-state index contributed by atoms with van der Waals surface area (Å²) >= 11 is -2.64. The number of nitrogens with zero attached hydrogens (tertiary/aromatic N) is 1. The summed E-state index contributed by atoms with van der Waals surface area (Å²) in [5, 5.41) is 2.48. The Hall–Kier alpha value is -2.04. The van der Waals surface area contributed by atoms with E-state index in [1.54, 1.807) is 0 Å². The molecule has 4 atom stereocenters. The Morgan fingerprint density at radius 2 is 2.21 bits per heavy atom. The zero-order chi connectivity index (χ0) is 21.0. The highest BCUT2D eigenvalue weighted by Crippen LogP contribution is 2.30. The van der Waals surface area contributed by atoms with Crippen LogP contribution < -0.4 is 15.8 Å². The number of allylic oxidation sites excluding steroid dienone is 4. The van der Waals surface area contributed by atoms with Gasteiger partial charge in [-0.05, 0) is 29.2 Å². The molecule has 1 aromatic rings. The van der Waals surface area contributed by atoms with Crippen LogP contribution in [-0.4, -0.2) is 38.1 Å². The molecule has 0 spiro atoms. The first kappa shape index (κ1) is 22.3. The van der Waals surface area contributed by atoms with Crippen LogP contribution in [0.15, 0.2) is 34.8 Å². The van der Waals surface area contributed by atoms with Gasteiger partial charge in [-0.1, -0.05) is 20.3 Å². The van der Waals surface area contributed by atoms with Crippen molar-refractivity contribution in [3.8, 4) is 5.75 Å². The molecular formula is C18H24F2N3O4S-. The van der Waals surface area contributed by atoms with Gasteiger partial charge in [0, 0.05) is 31.4 Å². The molecule has 0 fully saturated rings. The summed E-state index contributed by atoms with van der Waals surface area (Å²) in [6.07, 6.45) is 2.11. The SMILES string of the molecule is CC[C@H](C)[C@H](N)COc1c(S(=O)[O-])cn(C)c1C(=O)NC1=CC=C(F)C(F)C1. The summed E-state index contributed by atoms with van der Waals surface area (Å²) in [5.74, 6) is -1.59. The Morgan fingerprint density at radius 3 is 2.79 bits per heavy atom. The van der Waals surface area contributed by atoms with Crippen LogP contribution in [0.4, 0.5) is 8.78 Å². The van der Waals surface area contributed by atoms with E-state index in [4.69, 9.17) is 10.5 Å². The fraction of sp³-hybridized carbons (Fsp3) is 0.500. The van der Waals surface area contributed by atoms with Crippen LogP contribution in [-0.2, 0) is 18.1 Å². The van der Waals surface area contributed by atoms with Gasteiger partial charge < -0.3 is 24.9 Å². The Labute approximate surface area is 164 Å². The zero-order valence-corrected chi connectivity index (χ0v) is 16.7. The summed E-state index contributed by atoms with van der Waals surface area (Å²) < 4.78 is 56.6. The molecule has 3 N–H and O–H groups in total. The first-order valence-electron chi connectivity index (χ1n) is 8.84. The van der Waals surface area contributed by atoms with E-state index in [0.29, 0.717) is 0 Å². The van der Waals surface area contributed by atoms with Crippen molar-refractivity contribution in [1.82, 2.24) is 9.88 Å². The minimum atomic E-state index is -2.64. The van der Waals surface area contributed by atoms with Crippen molar-refractivity contribution in [2.75, 3.05) is 6.61 Å². The molecule has 1 aliphatic rings. The number of hydrogen-bond donors (Lipinski definition) is 2. The normalized spacial score (nSPS) is 20.0. The predicted octanol–water partition coefficient (Wildman–Crippen LogP) is 2.22. The van der Waals surface area contributed by atoms with Crippen LogP contribution in [0.5, 0.6) is 5.75 Å². The predicted molar refractivity (Wildman–Crippen MR) is 99.8 cm³/mol. The van der Waals surface area contributed by atoms with Crippen molar-refractivity contribution in [2.45, 2.75) is 43.8 Å². The van der Waals surface area contributed by atoms with Crippen LogP contribution in [0, 0.1) is 5.92 Å². The van der Waals surface area contributed by atoms with Crippen molar-refractivity contribution >= 4 is 17.0 Å². The van der Waals surface area contributed by atoms with Crippen molar-refractivity contribution in [2.24, 2.45) is 18.7 Å². The molecule has 1 aromatic heterocycles. The van der Waals surface area contributed by atoms with Gasteiger partial charge in [0.05, 0.1) is 4.90 Å². The van der Waals surface area contributed by atoms with Gasteiger partial charge >= 0.3 is 0 Å². The number of ether oxygens (including phenoxy) is 1. The third-order valence-corrected chi connectivity index (χ3v) is 5.36. The summed E-state index contributed by atoms with van der Waals surface area (Å²) in [5.41, 5.74) is 6.15. The summed E-state index contributed by atoms with van der Waals surface area (Å²) in [7, 11) is 1.49. The molecule has 0 radical (unpaired) electrons. The average molecular weight is 416 g/mol. The Balaban J connectivity index is 2.27. The van der Waals surface area contributed by atoms with Gasteiger partial charge in [-0.15, -0.1) is 0 Å². The highest BCUT2D eigenvalue weighted by molar-refractivity contribution is 7.79. The van der Waals surface area contributed by atoms with E-state index >= 15 is 0 Å². The van der Waals surface area contributed by atoms with Gasteiger partial charge in [-0.25, -0.2) is 8.78 Å². The molecule has 0 saturated carbocycles. The minimum Gasteiger partial charge on any atom is -0.768 e. The van der Waals surface area contributed by atoms with Crippen LogP contribution in [0.25, 0.3) is 0 Å². The number of amides is 1. The third-order valence-electron chi connectivity index (χ3n) is 4.71. The number of alkyl halides is 1. The lowest BCUT2D eigenvalue weighted by Gasteiger charge is -2.20. The Morgan fingerprint density at radius 1 is 1.54 bits per heavy atom. The van der Waals surface area contributed by atoms with Crippen LogP contribution >= 0.6 is 0 Å². The second kappa shape index (κ2) is 9.44. The molecule has 1 heterocycles. The van der Waals surface area contributed by atoms with E-state index in [9.17, 15) is 22.3 Å².